The van der Waals surface area contributed by atoms with Gasteiger partial charge in [-0.05, 0) is 74.6 Å². The molecule has 0 radical (unpaired) electrons. The molecule has 180 valence electrons. The Balaban J connectivity index is 1.33. The van der Waals surface area contributed by atoms with Crippen molar-refractivity contribution in [3.8, 4) is 0 Å². The Hall–Kier alpha value is -3.04. The number of carbonyl (C=O) groups is 2. The minimum absolute atomic E-state index is 0.0245. The van der Waals surface area contributed by atoms with Crippen LogP contribution in [0.15, 0.2) is 58.4 Å². The van der Waals surface area contributed by atoms with E-state index in [0.29, 0.717) is 23.4 Å². The van der Waals surface area contributed by atoms with Gasteiger partial charge in [-0.15, -0.1) is 0 Å². The molecule has 34 heavy (non-hydrogen) atoms. The number of benzene rings is 2. The molecule has 0 aromatic heterocycles. The second-order valence-electron chi connectivity index (χ2n) is 8.70. The number of hydrogen-bond acceptors (Lipinski definition) is 5. The molecule has 4 rings (SSSR count). The first-order valence-electron chi connectivity index (χ1n) is 11.7. The van der Waals surface area contributed by atoms with Crippen LogP contribution >= 0.6 is 0 Å². The summed E-state index contributed by atoms with van der Waals surface area (Å²) in [4.78, 5) is 31.7. The van der Waals surface area contributed by atoms with Crippen molar-refractivity contribution in [2.24, 2.45) is 4.99 Å². The van der Waals surface area contributed by atoms with Crippen LogP contribution in [0.4, 0.5) is 5.69 Å². The first kappa shape index (κ1) is 24.1. The number of aliphatic imine (C=N–C) groups is 1. The van der Waals surface area contributed by atoms with Crippen molar-refractivity contribution in [2.45, 2.75) is 56.0 Å². The van der Waals surface area contributed by atoms with Gasteiger partial charge in [0.2, 0.25) is 15.9 Å². The lowest BCUT2D eigenvalue weighted by Gasteiger charge is -2.30. The van der Waals surface area contributed by atoms with E-state index in [9.17, 15) is 18.0 Å². The molecular weight excluding hydrogens is 452 g/mol. The van der Waals surface area contributed by atoms with Crippen LogP contribution in [0.3, 0.4) is 0 Å². The van der Waals surface area contributed by atoms with E-state index in [1.165, 1.54) is 12.1 Å². The lowest BCUT2D eigenvalue weighted by atomic mass is 10.1. The fourth-order valence-electron chi connectivity index (χ4n) is 3.96. The topological polar surface area (TPSA) is 108 Å². The van der Waals surface area contributed by atoms with E-state index in [0.717, 1.165) is 32.2 Å². The predicted molar refractivity (Wildman–Crippen MR) is 132 cm³/mol. The molecule has 1 atom stereocenters. The summed E-state index contributed by atoms with van der Waals surface area (Å²) in [6, 6.07) is 13.3. The van der Waals surface area contributed by atoms with E-state index in [-0.39, 0.29) is 35.2 Å². The Bertz CT molecular complexity index is 1160. The minimum Gasteiger partial charge on any atom is -0.331 e. The molecule has 2 aliphatic rings. The van der Waals surface area contributed by atoms with Gasteiger partial charge in [0.25, 0.3) is 5.91 Å². The summed E-state index contributed by atoms with van der Waals surface area (Å²) in [7, 11) is -3.51. The molecule has 2 amide bonds. The summed E-state index contributed by atoms with van der Waals surface area (Å²) >= 11 is 0. The molecule has 1 saturated carbocycles. The van der Waals surface area contributed by atoms with E-state index < -0.39 is 10.0 Å². The van der Waals surface area contributed by atoms with Crippen LogP contribution in [0.5, 0.6) is 0 Å². The Morgan fingerprint density at radius 2 is 1.74 bits per heavy atom. The summed E-state index contributed by atoms with van der Waals surface area (Å²) in [5, 5.41) is 2.83. The maximum Gasteiger partial charge on any atom is 0.254 e. The quantitative estimate of drug-likeness (QED) is 0.573. The first-order chi connectivity index (χ1) is 16.4. The van der Waals surface area contributed by atoms with Crippen LogP contribution in [0, 0.1) is 0 Å². The van der Waals surface area contributed by atoms with Crippen molar-refractivity contribution in [3.05, 3.63) is 59.7 Å². The van der Waals surface area contributed by atoms with Crippen molar-refractivity contribution in [3.63, 3.8) is 0 Å². The molecule has 0 spiro atoms. The van der Waals surface area contributed by atoms with Crippen molar-refractivity contribution >= 4 is 33.7 Å². The van der Waals surface area contributed by atoms with Crippen LogP contribution in [0.1, 0.15) is 48.5 Å². The molecule has 1 heterocycles. The van der Waals surface area contributed by atoms with E-state index in [4.69, 9.17) is 0 Å². The van der Waals surface area contributed by atoms with Crippen molar-refractivity contribution in [1.82, 2.24) is 9.62 Å². The number of hydrogen-bond donors (Lipinski definition) is 2. The highest BCUT2D eigenvalue weighted by atomic mass is 32.2. The molecule has 2 aromatic carbocycles. The number of sulfonamides is 1. The van der Waals surface area contributed by atoms with Gasteiger partial charge in [0, 0.05) is 36.6 Å². The first-order valence-corrected chi connectivity index (χ1v) is 13.2. The molecule has 1 aliphatic heterocycles. The van der Waals surface area contributed by atoms with Crippen molar-refractivity contribution in [1.29, 1.82) is 0 Å². The van der Waals surface area contributed by atoms with Crippen LogP contribution in [0.25, 0.3) is 0 Å². The van der Waals surface area contributed by atoms with Gasteiger partial charge in [0.05, 0.1) is 17.4 Å². The van der Waals surface area contributed by atoms with Crippen molar-refractivity contribution < 1.29 is 18.0 Å². The van der Waals surface area contributed by atoms with Gasteiger partial charge >= 0.3 is 0 Å². The smallest absolute Gasteiger partial charge is 0.254 e. The van der Waals surface area contributed by atoms with Gasteiger partial charge in [-0.1, -0.05) is 12.1 Å². The second kappa shape index (κ2) is 10.5. The van der Waals surface area contributed by atoms with Crippen molar-refractivity contribution in [2.75, 3.05) is 18.4 Å². The highest BCUT2D eigenvalue weighted by Gasteiger charge is 2.28. The number of nitrogens with zero attached hydrogens (tertiary/aromatic N) is 2. The van der Waals surface area contributed by atoms with Crippen LogP contribution in [-0.2, 0) is 21.2 Å². The standard InChI is InChI=1S/C25H30N4O4S/c1-2-29(22-4-3-15-26-17-22)25(31)19-7-9-20(10-8-19)27-24(30)16-18-5-13-23(14-6-18)34(32,33)28-21-11-12-21/h5-10,13-14,17,21-22,28H,2-4,11-12,15-16H2,1H3,(H,27,30). The summed E-state index contributed by atoms with van der Waals surface area (Å²) in [6.45, 7) is 3.38. The highest BCUT2D eigenvalue weighted by molar-refractivity contribution is 7.89. The minimum atomic E-state index is -3.51. The van der Waals surface area contributed by atoms with Gasteiger partial charge in [-0.25, -0.2) is 13.1 Å². The summed E-state index contributed by atoms with van der Waals surface area (Å²) in [5.41, 5.74) is 1.87. The molecule has 1 aliphatic carbocycles. The molecule has 0 bridgehead atoms. The fraction of sp³-hybridized carbons (Fsp3) is 0.400. The molecule has 8 nitrogen and oxygen atoms in total. The molecular formula is C25H30N4O4S. The summed E-state index contributed by atoms with van der Waals surface area (Å²) in [6.07, 6.45) is 5.62. The number of rotatable bonds is 9. The summed E-state index contributed by atoms with van der Waals surface area (Å²) < 4.78 is 27.2. The molecule has 1 fully saturated rings. The fourth-order valence-corrected chi connectivity index (χ4v) is 5.26. The van der Waals surface area contributed by atoms with E-state index >= 15 is 0 Å². The zero-order valence-electron chi connectivity index (χ0n) is 19.2. The zero-order valence-corrected chi connectivity index (χ0v) is 20.1. The van der Waals surface area contributed by atoms with E-state index in [2.05, 4.69) is 15.0 Å². The van der Waals surface area contributed by atoms with Gasteiger partial charge in [-0.3, -0.25) is 14.6 Å². The third-order valence-corrected chi connectivity index (χ3v) is 7.52. The monoisotopic (exact) mass is 482 g/mol. The number of carbonyl (C=O) groups excluding carboxylic acids is 2. The Morgan fingerprint density at radius 3 is 2.32 bits per heavy atom. The Morgan fingerprint density at radius 1 is 1.03 bits per heavy atom. The van der Waals surface area contributed by atoms with Gasteiger partial charge in [0.1, 0.15) is 0 Å². The average molecular weight is 483 g/mol. The SMILES string of the molecule is CCN(C(=O)c1ccc(NC(=O)Cc2ccc(S(=O)(=O)NC3CC3)cc2)cc1)C1C=NCCC1. The molecule has 1 unspecified atom stereocenters. The normalized spacial score (nSPS) is 17.9. The highest BCUT2D eigenvalue weighted by Crippen LogP contribution is 2.22. The largest absolute Gasteiger partial charge is 0.331 e. The van der Waals surface area contributed by atoms with Crippen LogP contribution < -0.4 is 10.0 Å². The molecule has 2 aromatic rings. The lowest BCUT2D eigenvalue weighted by Crippen LogP contribution is -2.42. The Kier molecular flexibility index (Phi) is 7.43. The van der Waals surface area contributed by atoms with E-state index in [1.807, 2.05) is 18.0 Å². The Labute approximate surface area is 200 Å². The lowest BCUT2D eigenvalue weighted by molar-refractivity contribution is -0.115. The zero-order chi connectivity index (χ0) is 24.1. The van der Waals surface area contributed by atoms with Gasteiger partial charge in [0.15, 0.2) is 0 Å². The number of anilines is 1. The number of amides is 2. The summed E-state index contributed by atoms with van der Waals surface area (Å²) in [5.74, 6) is -0.274. The molecule has 2 N–H and O–H groups in total. The van der Waals surface area contributed by atoms with Crippen LogP contribution in [0.2, 0.25) is 0 Å². The molecule has 0 saturated heterocycles. The van der Waals surface area contributed by atoms with E-state index in [1.54, 1.807) is 36.4 Å². The maximum absolute atomic E-state index is 12.9. The van der Waals surface area contributed by atoms with Crippen LogP contribution in [-0.4, -0.2) is 56.5 Å². The third kappa shape index (κ3) is 6.09. The third-order valence-electron chi connectivity index (χ3n) is 5.98. The second-order valence-corrected chi connectivity index (χ2v) is 10.4. The maximum atomic E-state index is 12.9. The van der Waals surface area contributed by atoms with Gasteiger partial charge < -0.3 is 10.2 Å². The number of nitrogens with one attached hydrogen (secondary N) is 2. The predicted octanol–water partition coefficient (Wildman–Crippen LogP) is 3.00. The molecule has 9 heteroatoms. The average Bonchev–Trinajstić information content (AvgIpc) is 3.64. The van der Waals surface area contributed by atoms with Gasteiger partial charge in [-0.2, -0.15) is 0 Å².